The number of esters is 1. The van der Waals surface area contributed by atoms with Gasteiger partial charge in [-0.1, -0.05) is 392 Å². The first-order valence-electron chi connectivity index (χ1n) is 38.4. The Labute approximate surface area is 520 Å². The molecule has 6 nitrogen and oxygen atoms in total. The van der Waals surface area contributed by atoms with Crippen LogP contribution < -0.4 is 5.32 Å². The quantitative estimate of drug-likeness (QED) is 0.0320. The predicted molar refractivity (Wildman–Crippen MR) is 366 cm³/mol. The number of unbranched alkanes of at least 4 members (excludes halogenated alkanes) is 60. The summed E-state index contributed by atoms with van der Waals surface area (Å²) in [5.41, 5.74) is 0. The lowest BCUT2D eigenvalue weighted by molar-refractivity contribution is -0.143. The largest absolute Gasteiger partial charge is 0.466 e. The number of hydrogen-bond donors (Lipinski definition) is 3. The molecular weight excluding hydrogens is 1020 g/mol. The summed E-state index contributed by atoms with van der Waals surface area (Å²) in [5.74, 6) is -0.00977. The molecule has 0 bridgehead atoms. The average molecular weight is 1170 g/mol. The third-order valence-electron chi connectivity index (χ3n) is 18.3. The summed E-state index contributed by atoms with van der Waals surface area (Å²) in [4.78, 5) is 24.7. The molecule has 0 saturated carbocycles. The van der Waals surface area contributed by atoms with Crippen LogP contribution >= 0.6 is 0 Å². The van der Waals surface area contributed by atoms with E-state index in [4.69, 9.17) is 4.74 Å². The van der Waals surface area contributed by atoms with Crippen molar-refractivity contribution in [2.45, 2.75) is 456 Å². The Morgan fingerprint density at radius 1 is 0.325 bits per heavy atom. The summed E-state index contributed by atoms with van der Waals surface area (Å²) < 4.78 is 5.51. The van der Waals surface area contributed by atoms with E-state index in [1.54, 1.807) is 0 Å². The van der Waals surface area contributed by atoms with Gasteiger partial charge >= 0.3 is 5.97 Å². The van der Waals surface area contributed by atoms with E-state index >= 15 is 0 Å². The lowest BCUT2D eigenvalue weighted by Gasteiger charge is -2.22. The van der Waals surface area contributed by atoms with Crippen molar-refractivity contribution >= 4 is 11.9 Å². The van der Waals surface area contributed by atoms with E-state index < -0.39 is 12.1 Å². The highest BCUT2D eigenvalue weighted by Gasteiger charge is 2.20. The van der Waals surface area contributed by atoms with Gasteiger partial charge in [0.05, 0.1) is 25.4 Å². The zero-order chi connectivity index (χ0) is 59.9. The van der Waals surface area contributed by atoms with Gasteiger partial charge in [0, 0.05) is 12.8 Å². The lowest BCUT2D eigenvalue weighted by Crippen LogP contribution is -2.45. The van der Waals surface area contributed by atoms with Gasteiger partial charge in [0.2, 0.25) is 5.91 Å². The molecule has 6 heteroatoms. The molecule has 0 heterocycles. The van der Waals surface area contributed by atoms with Gasteiger partial charge in [0.25, 0.3) is 0 Å². The van der Waals surface area contributed by atoms with Crippen LogP contribution in [0.3, 0.4) is 0 Å². The van der Waals surface area contributed by atoms with Gasteiger partial charge in [-0.2, -0.15) is 0 Å². The number of amides is 1. The molecular formula is C77H151NO5. The Hall–Kier alpha value is -1.40. The highest BCUT2D eigenvalue weighted by atomic mass is 16.5. The van der Waals surface area contributed by atoms with Crippen molar-refractivity contribution in [2.24, 2.45) is 0 Å². The zero-order valence-corrected chi connectivity index (χ0v) is 56.7. The summed E-state index contributed by atoms with van der Waals surface area (Å²) in [5, 5.41) is 23.4. The Balaban J connectivity index is 3.37. The minimum atomic E-state index is -0.666. The van der Waals surface area contributed by atoms with E-state index in [0.717, 1.165) is 38.5 Å². The highest BCUT2D eigenvalue weighted by Crippen LogP contribution is 2.20. The van der Waals surface area contributed by atoms with Crippen LogP contribution in [-0.4, -0.2) is 47.4 Å². The molecule has 494 valence electrons. The van der Waals surface area contributed by atoms with Crippen LogP contribution in [0.1, 0.15) is 444 Å². The first-order valence-corrected chi connectivity index (χ1v) is 38.4. The van der Waals surface area contributed by atoms with Gasteiger partial charge in [-0.15, -0.1) is 0 Å². The molecule has 0 aromatic carbocycles. The monoisotopic (exact) mass is 1170 g/mol. The molecule has 0 aromatic heterocycles. The molecule has 0 aliphatic rings. The third-order valence-corrected chi connectivity index (χ3v) is 18.3. The number of allylic oxidation sites excluding steroid dienone is 2. The molecule has 0 fully saturated rings. The molecule has 1 amide bonds. The molecule has 3 N–H and O–H groups in total. The average Bonchev–Trinajstić information content (AvgIpc) is 3.49. The van der Waals surface area contributed by atoms with Crippen LogP contribution in [0, 0.1) is 0 Å². The number of rotatable bonds is 73. The second-order valence-electron chi connectivity index (χ2n) is 26.7. The number of hydrogen-bond acceptors (Lipinski definition) is 5. The first kappa shape index (κ1) is 81.6. The van der Waals surface area contributed by atoms with Crippen molar-refractivity contribution in [2.75, 3.05) is 13.2 Å². The molecule has 0 radical (unpaired) electrons. The van der Waals surface area contributed by atoms with Crippen LogP contribution in [0.4, 0.5) is 0 Å². The minimum absolute atomic E-state index is 0.0205. The highest BCUT2D eigenvalue weighted by molar-refractivity contribution is 5.76. The Bertz CT molecular complexity index is 1260. The summed E-state index contributed by atoms with van der Waals surface area (Å²) in [6.07, 6.45) is 91.4. The number of nitrogens with one attached hydrogen (secondary N) is 1. The van der Waals surface area contributed by atoms with Crippen LogP contribution in [0.15, 0.2) is 12.2 Å². The van der Waals surface area contributed by atoms with E-state index in [-0.39, 0.29) is 18.5 Å². The zero-order valence-electron chi connectivity index (χ0n) is 56.7. The molecule has 0 spiro atoms. The number of aliphatic hydroxyl groups excluding tert-OH is 2. The fourth-order valence-electron chi connectivity index (χ4n) is 12.5. The molecule has 0 aliphatic carbocycles. The fraction of sp³-hybridized carbons (Fsp3) is 0.948. The molecule has 0 rings (SSSR count). The van der Waals surface area contributed by atoms with Gasteiger partial charge < -0.3 is 20.3 Å². The summed E-state index contributed by atoms with van der Waals surface area (Å²) in [6.45, 7) is 5.01. The SMILES string of the molecule is CCCCCCCCCCCCCCCCCCCCCCCCC(O)C(CO)NC(=O)CCCCCCCCCCCCC/C=C\CCCCCCCCCCCCCCOC(=O)CCCCCCCCCCCCCCCCCCC. The fourth-order valence-corrected chi connectivity index (χ4v) is 12.5. The van der Waals surface area contributed by atoms with Crippen molar-refractivity contribution in [3.63, 3.8) is 0 Å². The maximum absolute atomic E-state index is 12.6. The van der Waals surface area contributed by atoms with Crippen molar-refractivity contribution in [3.05, 3.63) is 12.2 Å². The van der Waals surface area contributed by atoms with E-state index in [9.17, 15) is 19.8 Å². The Morgan fingerprint density at radius 3 is 0.855 bits per heavy atom. The van der Waals surface area contributed by atoms with E-state index in [0.29, 0.717) is 25.9 Å². The van der Waals surface area contributed by atoms with Crippen molar-refractivity contribution in [1.82, 2.24) is 5.32 Å². The van der Waals surface area contributed by atoms with Crippen LogP contribution in [0.5, 0.6) is 0 Å². The number of carbonyl (C=O) groups excluding carboxylic acids is 2. The normalized spacial score (nSPS) is 12.5. The van der Waals surface area contributed by atoms with Gasteiger partial charge in [-0.3, -0.25) is 9.59 Å². The topological polar surface area (TPSA) is 95.9 Å². The molecule has 0 aliphatic heterocycles. The molecule has 0 aromatic rings. The standard InChI is InChI=1S/C77H151NO5/c1-3-5-7-9-11-13-15-17-19-21-22-23-31-34-38-41-45-49-53-57-61-65-69-75(80)74(73-79)78-76(81)70-66-62-58-54-50-46-42-39-35-32-29-27-25-24-26-28-30-33-36-40-44-48-52-56-60-64-68-72-83-77(82)71-67-63-59-55-51-47-43-37-20-18-16-14-12-10-8-6-4-2/h24-25,74-75,79-80H,3-23,26-73H2,1-2H3,(H,78,81)/b25-24-. The van der Waals surface area contributed by atoms with E-state index in [1.165, 1.54) is 372 Å². The summed E-state index contributed by atoms with van der Waals surface area (Å²) in [6, 6.07) is -0.543. The van der Waals surface area contributed by atoms with Crippen molar-refractivity contribution in [3.8, 4) is 0 Å². The lowest BCUT2D eigenvalue weighted by atomic mass is 10.0. The van der Waals surface area contributed by atoms with Crippen LogP contribution in [0.2, 0.25) is 0 Å². The smallest absolute Gasteiger partial charge is 0.305 e. The van der Waals surface area contributed by atoms with E-state index in [2.05, 4.69) is 31.3 Å². The minimum Gasteiger partial charge on any atom is -0.466 e. The molecule has 2 atom stereocenters. The van der Waals surface area contributed by atoms with Crippen molar-refractivity contribution < 1.29 is 24.5 Å². The Kier molecular flexibility index (Phi) is 71.8. The predicted octanol–water partition coefficient (Wildman–Crippen LogP) is 25.1. The van der Waals surface area contributed by atoms with Crippen LogP contribution in [0.25, 0.3) is 0 Å². The summed E-state index contributed by atoms with van der Waals surface area (Å²) >= 11 is 0. The number of carbonyl (C=O) groups is 2. The maximum Gasteiger partial charge on any atom is 0.305 e. The molecule has 0 saturated heterocycles. The van der Waals surface area contributed by atoms with Gasteiger partial charge in [0.1, 0.15) is 0 Å². The first-order chi connectivity index (χ1) is 41.0. The van der Waals surface area contributed by atoms with E-state index in [1.807, 2.05) is 0 Å². The maximum atomic E-state index is 12.6. The second kappa shape index (κ2) is 73.1. The van der Waals surface area contributed by atoms with Gasteiger partial charge in [-0.05, 0) is 51.4 Å². The molecule has 83 heavy (non-hydrogen) atoms. The number of aliphatic hydroxyl groups is 2. The van der Waals surface area contributed by atoms with Crippen LogP contribution in [-0.2, 0) is 14.3 Å². The summed E-state index contributed by atoms with van der Waals surface area (Å²) in [7, 11) is 0. The second-order valence-corrected chi connectivity index (χ2v) is 26.7. The van der Waals surface area contributed by atoms with Gasteiger partial charge in [0.15, 0.2) is 0 Å². The number of ether oxygens (including phenoxy) is 1. The van der Waals surface area contributed by atoms with Crippen molar-refractivity contribution in [1.29, 1.82) is 0 Å². The Morgan fingerprint density at radius 2 is 0.566 bits per heavy atom. The molecule has 2 unspecified atom stereocenters. The third kappa shape index (κ3) is 69.6. The van der Waals surface area contributed by atoms with Gasteiger partial charge in [-0.25, -0.2) is 0 Å².